The van der Waals surface area contributed by atoms with Crippen molar-refractivity contribution < 1.29 is 4.42 Å². The third kappa shape index (κ3) is 4.67. The van der Waals surface area contributed by atoms with E-state index in [9.17, 15) is 0 Å². The molecule has 142 valence electrons. The van der Waals surface area contributed by atoms with Crippen molar-refractivity contribution in [3.8, 4) is 11.5 Å². The molecule has 0 saturated carbocycles. The Labute approximate surface area is 160 Å². The molecule has 0 aliphatic carbocycles. The minimum absolute atomic E-state index is 0.751. The first-order chi connectivity index (χ1) is 13.3. The number of nitrogens with one attached hydrogen (secondary N) is 2. The number of aromatic nitrogens is 2. The van der Waals surface area contributed by atoms with E-state index in [4.69, 9.17) is 4.42 Å². The molecule has 0 atom stereocenters. The van der Waals surface area contributed by atoms with Gasteiger partial charge in [0.1, 0.15) is 11.5 Å². The van der Waals surface area contributed by atoms with Crippen LogP contribution >= 0.6 is 0 Å². The summed E-state index contributed by atoms with van der Waals surface area (Å²) in [5.41, 5.74) is 4.78. The van der Waals surface area contributed by atoms with Crippen molar-refractivity contribution in [2.24, 2.45) is 0 Å². The van der Waals surface area contributed by atoms with Gasteiger partial charge in [-0.25, -0.2) is 0 Å². The van der Waals surface area contributed by atoms with Crippen molar-refractivity contribution in [2.45, 2.75) is 45.8 Å². The lowest BCUT2D eigenvalue weighted by Gasteiger charge is -2.26. The van der Waals surface area contributed by atoms with Crippen LogP contribution in [0.15, 0.2) is 47.0 Å². The van der Waals surface area contributed by atoms with Crippen molar-refractivity contribution in [1.82, 2.24) is 20.4 Å². The van der Waals surface area contributed by atoms with Gasteiger partial charge in [-0.1, -0.05) is 30.7 Å². The van der Waals surface area contributed by atoms with Crippen LogP contribution in [-0.2, 0) is 19.6 Å². The van der Waals surface area contributed by atoms with Crippen molar-refractivity contribution in [3.05, 3.63) is 65.0 Å². The van der Waals surface area contributed by atoms with E-state index >= 15 is 0 Å². The number of furan rings is 1. The standard InChI is InChI=1S/C22H28N4O/c1-17-5-10-21(27-17)22-20(15-24-25-22)14-23-13-18-6-8-19(9-7-18)16-26-11-3-2-4-12-26/h5-10,15,23H,2-4,11-14,16H2,1H3,(H,24,25). The molecule has 1 fully saturated rings. The Morgan fingerprint density at radius 2 is 1.78 bits per heavy atom. The van der Waals surface area contributed by atoms with Crippen LogP contribution in [0.25, 0.3) is 11.5 Å². The van der Waals surface area contributed by atoms with Crippen LogP contribution in [0.3, 0.4) is 0 Å². The summed E-state index contributed by atoms with van der Waals surface area (Å²) in [4.78, 5) is 2.56. The number of hydrogen-bond donors (Lipinski definition) is 2. The van der Waals surface area contributed by atoms with Crippen LogP contribution in [0.2, 0.25) is 0 Å². The number of benzene rings is 1. The topological polar surface area (TPSA) is 57.1 Å². The molecule has 5 nitrogen and oxygen atoms in total. The summed E-state index contributed by atoms with van der Waals surface area (Å²) in [7, 11) is 0. The number of likely N-dealkylation sites (tertiary alicyclic amines) is 1. The minimum atomic E-state index is 0.751. The van der Waals surface area contributed by atoms with E-state index in [0.29, 0.717) is 0 Å². The van der Waals surface area contributed by atoms with Gasteiger partial charge in [0.25, 0.3) is 0 Å². The van der Waals surface area contributed by atoms with Crippen molar-refractivity contribution in [1.29, 1.82) is 0 Å². The van der Waals surface area contributed by atoms with Gasteiger partial charge in [-0.2, -0.15) is 5.10 Å². The highest BCUT2D eigenvalue weighted by molar-refractivity contribution is 5.56. The lowest BCUT2D eigenvalue weighted by molar-refractivity contribution is 0.221. The number of rotatable bonds is 7. The first kappa shape index (κ1) is 18.0. The summed E-state index contributed by atoms with van der Waals surface area (Å²) in [6.45, 7) is 7.10. The molecule has 2 N–H and O–H groups in total. The predicted molar refractivity (Wildman–Crippen MR) is 107 cm³/mol. The number of piperidine rings is 1. The molecule has 2 aromatic heterocycles. The maximum atomic E-state index is 5.71. The molecule has 27 heavy (non-hydrogen) atoms. The maximum Gasteiger partial charge on any atom is 0.152 e. The second-order valence-corrected chi connectivity index (χ2v) is 7.44. The monoisotopic (exact) mass is 364 g/mol. The summed E-state index contributed by atoms with van der Waals surface area (Å²) < 4.78 is 5.71. The van der Waals surface area contributed by atoms with E-state index in [0.717, 1.165) is 42.4 Å². The fraction of sp³-hybridized carbons (Fsp3) is 0.409. The van der Waals surface area contributed by atoms with Crippen molar-refractivity contribution in [2.75, 3.05) is 13.1 Å². The van der Waals surface area contributed by atoms with Gasteiger partial charge in [0.15, 0.2) is 5.76 Å². The third-order valence-corrected chi connectivity index (χ3v) is 5.23. The highest BCUT2D eigenvalue weighted by Gasteiger charge is 2.11. The Hall–Kier alpha value is -2.37. The smallest absolute Gasteiger partial charge is 0.152 e. The zero-order chi connectivity index (χ0) is 18.5. The zero-order valence-corrected chi connectivity index (χ0v) is 16.0. The fourth-order valence-electron chi connectivity index (χ4n) is 3.71. The van der Waals surface area contributed by atoms with Crippen LogP contribution in [0.5, 0.6) is 0 Å². The molecule has 0 unspecified atom stereocenters. The van der Waals surface area contributed by atoms with E-state index in [2.05, 4.69) is 44.7 Å². The molecule has 1 saturated heterocycles. The van der Waals surface area contributed by atoms with Crippen LogP contribution in [0.4, 0.5) is 0 Å². The van der Waals surface area contributed by atoms with E-state index in [1.807, 2.05) is 25.3 Å². The van der Waals surface area contributed by atoms with E-state index in [1.165, 1.54) is 43.5 Å². The normalized spacial score (nSPS) is 15.3. The van der Waals surface area contributed by atoms with Gasteiger partial charge in [-0.15, -0.1) is 0 Å². The highest BCUT2D eigenvalue weighted by Crippen LogP contribution is 2.23. The van der Waals surface area contributed by atoms with Crippen LogP contribution < -0.4 is 5.32 Å². The summed E-state index contributed by atoms with van der Waals surface area (Å²) >= 11 is 0. The molecule has 1 aliphatic heterocycles. The number of aromatic amines is 1. The van der Waals surface area contributed by atoms with Gasteiger partial charge < -0.3 is 9.73 Å². The molecule has 1 aliphatic rings. The molecule has 0 radical (unpaired) electrons. The van der Waals surface area contributed by atoms with Crippen LogP contribution in [0.1, 0.15) is 41.7 Å². The van der Waals surface area contributed by atoms with E-state index in [-0.39, 0.29) is 0 Å². The molecule has 0 spiro atoms. The average molecular weight is 364 g/mol. The summed E-state index contributed by atoms with van der Waals surface area (Å²) in [5, 5.41) is 10.7. The first-order valence-electron chi connectivity index (χ1n) is 9.88. The zero-order valence-electron chi connectivity index (χ0n) is 16.0. The summed E-state index contributed by atoms with van der Waals surface area (Å²) in [6, 6.07) is 12.9. The van der Waals surface area contributed by atoms with Crippen molar-refractivity contribution in [3.63, 3.8) is 0 Å². The number of nitrogens with zero attached hydrogens (tertiary/aromatic N) is 2. The average Bonchev–Trinajstić information content (AvgIpc) is 3.33. The molecule has 3 aromatic rings. The highest BCUT2D eigenvalue weighted by atomic mass is 16.3. The molecule has 3 heterocycles. The van der Waals surface area contributed by atoms with Gasteiger partial charge in [0.05, 0.1) is 6.20 Å². The largest absolute Gasteiger partial charge is 0.460 e. The quantitative estimate of drug-likeness (QED) is 0.658. The molecular weight excluding hydrogens is 336 g/mol. The van der Waals surface area contributed by atoms with E-state index < -0.39 is 0 Å². The molecular formula is C22H28N4O. The van der Waals surface area contributed by atoms with Gasteiger partial charge in [-0.05, 0) is 56.1 Å². The van der Waals surface area contributed by atoms with Gasteiger partial charge in [0, 0.05) is 25.2 Å². The van der Waals surface area contributed by atoms with Gasteiger partial charge >= 0.3 is 0 Å². The SMILES string of the molecule is Cc1ccc(-c2[nH]ncc2CNCc2ccc(CN3CCCCC3)cc2)o1. The Morgan fingerprint density at radius 3 is 2.52 bits per heavy atom. The maximum absolute atomic E-state index is 5.71. The lowest BCUT2D eigenvalue weighted by atomic mass is 10.1. The third-order valence-electron chi connectivity index (χ3n) is 5.23. The van der Waals surface area contributed by atoms with Gasteiger partial charge in [-0.3, -0.25) is 10.00 Å². The summed E-state index contributed by atoms with van der Waals surface area (Å²) in [5.74, 6) is 1.74. The summed E-state index contributed by atoms with van der Waals surface area (Å²) in [6.07, 6.45) is 5.94. The molecule has 0 bridgehead atoms. The lowest BCUT2D eigenvalue weighted by Crippen LogP contribution is -2.29. The molecule has 1 aromatic carbocycles. The second kappa shape index (κ2) is 8.55. The molecule has 4 rings (SSSR count). The molecule has 0 amide bonds. The first-order valence-corrected chi connectivity index (χ1v) is 9.88. The van der Waals surface area contributed by atoms with Crippen LogP contribution in [-0.4, -0.2) is 28.2 Å². The number of hydrogen-bond acceptors (Lipinski definition) is 4. The number of aryl methyl sites for hydroxylation is 1. The fourth-order valence-corrected chi connectivity index (χ4v) is 3.71. The Balaban J connectivity index is 1.29. The molecule has 5 heteroatoms. The van der Waals surface area contributed by atoms with Crippen LogP contribution in [0, 0.1) is 6.92 Å². The number of H-pyrrole nitrogens is 1. The Kier molecular flexibility index (Phi) is 5.70. The minimum Gasteiger partial charge on any atom is -0.460 e. The van der Waals surface area contributed by atoms with E-state index in [1.54, 1.807) is 0 Å². The predicted octanol–water partition coefficient (Wildman–Crippen LogP) is 4.25. The van der Waals surface area contributed by atoms with Gasteiger partial charge in [0.2, 0.25) is 0 Å². The van der Waals surface area contributed by atoms with Crippen molar-refractivity contribution >= 4 is 0 Å². The Bertz CT molecular complexity index is 843. The second-order valence-electron chi connectivity index (χ2n) is 7.44. The Morgan fingerprint density at radius 1 is 1.00 bits per heavy atom.